The summed E-state index contributed by atoms with van der Waals surface area (Å²) in [6.45, 7) is 2.05. The molecule has 1 spiro atoms. The largest absolute Gasteiger partial charge is 0.309 e. The molecule has 7 nitrogen and oxygen atoms in total. The van der Waals surface area contributed by atoms with Crippen LogP contribution in [0.4, 0.5) is 5.82 Å². The minimum atomic E-state index is -0.258. The number of hydrogen-bond acceptors (Lipinski definition) is 5. The van der Waals surface area contributed by atoms with Crippen LogP contribution >= 0.6 is 0 Å². The van der Waals surface area contributed by atoms with Gasteiger partial charge >= 0.3 is 0 Å². The Kier molecular flexibility index (Phi) is 3.19. The number of carbonyl (C=O) groups excluding carboxylic acids is 1. The number of anilines is 1. The highest BCUT2D eigenvalue weighted by Crippen LogP contribution is 2.47. The highest BCUT2D eigenvalue weighted by Gasteiger charge is 2.47. The first-order valence-corrected chi connectivity index (χ1v) is 8.79. The van der Waals surface area contributed by atoms with Crippen LogP contribution in [0, 0.1) is 12.3 Å². The molecule has 1 saturated carbocycles. The number of nitrogens with one attached hydrogen (secondary N) is 2. The Morgan fingerprint density at radius 1 is 1.19 bits per heavy atom. The average Bonchev–Trinajstić information content (AvgIpc) is 3.14. The molecule has 0 saturated heterocycles. The Morgan fingerprint density at radius 2 is 2.08 bits per heavy atom. The van der Waals surface area contributed by atoms with Gasteiger partial charge in [0, 0.05) is 17.5 Å². The maximum absolute atomic E-state index is 12.3. The number of benzene rings is 1. The van der Waals surface area contributed by atoms with Crippen molar-refractivity contribution in [3.8, 4) is 22.6 Å². The number of aromatic amines is 1. The van der Waals surface area contributed by atoms with E-state index in [0.29, 0.717) is 12.2 Å². The van der Waals surface area contributed by atoms with E-state index in [1.165, 1.54) is 6.33 Å². The molecule has 1 aliphatic carbocycles. The van der Waals surface area contributed by atoms with E-state index in [2.05, 4.69) is 31.5 Å². The summed E-state index contributed by atoms with van der Waals surface area (Å²) in [5, 5.41) is 9.72. The van der Waals surface area contributed by atoms with E-state index >= 15 is 0 Å². The van der Waals surface area contributed by atoms with Crippen LogP contribution in [0.2, 0.25) is 0 Å². The Labute approximate surface area is 150 Å². The monoisotopic (exact) mass is 346 g/mol. The molecule has 0 unspecified atom stereocenters. The fraction of sp³-hybridized carbons (Fsp3) is 0.316. The third kappa shape index (κ3) is 2.23. The zero-order valence-corrected chi connectivity index (χ0v) is 14.4. The summed E-state index contributed by atoms with van der Waals surface area (Å²) in [6, 6.07) is 6.09. The predicted molar refractivity (Wildman–Crippen MR) is 96.2 cm³/mol. The summed E-state index contributed by atoms with van der Waals surface area (Å²) in [7, 11) is 0. The number of aromatic nitrogens is 5. The number of nitrogens with zero attached hydrogens (tertiary/aromatic N) is 4. The number of H-pyrrole nitrogens is 1. The van der Waals surface area contributed by atoms with Gasteiger partial charge in [0.15, 0.2) is 11.6 Å². The minimum Gasteiger partial charge on any atom is -0.309 e. The Bertz CT molecular complexity index is 1010. The molecule has 1 aromatic carbocycles. The van der Waals surface area contributed by atoms with Crippen molar-refractivity contribution in [2.75, 3.05) is 5.32 Å². The highest BCUT2D eigenvalue weighted by molar-refractivity contribution is 5.98. The second-order valence-corrected chi connectivity index (χ2v) is 7.18. The first-order chi connectivity index (χ1) is 12.6. The zero-order chi connectivity index (χ0) is 17.7. The van der Waals surface area contributed by atoms with Crippen LogP contribution in [0.15, 0.2) is 30.7 Å². The fourth-order valence-corrected chi connectivity index (χ4v) is 3.88. The molecule has 0 radical (unpaired) electrons. The quantitative estimate of drug-likeness (QED) is 0.744. The second-order valence-electron chi connectivity index (χ2n) is 7.18. The van der Waals surface area contributed by atoms with Crippen molar-refractivity contribution in [2.45, 2.75) is 32.6 Å². The smallest absolute Gasteiger partial charge is 0.232 e. The van der Waals surface area contributed by atoms with Crippen LogP contribution in [-0.4, -0.2) is 31.1 Å². The molecule has 0 bridgehead atoms. The summed E-state index contributed by atoms with van der Waals surface area (Å²) in [4.78, 5) is 25.8. The Balaban J connectivity index is 1.52. The first-order valence-electron chi connectivity index (χ1n) is 8.79. The van der Waals surface area contributed by atoms with Crippen molar-refractivity contribution in [1.29, 1.82) is 0 Å². The lowest BCUT2D eigenvalue weighted by molar-refractivity contribution is -0.130. The van der Waals surface area contributed by atoms with E-state index in [9.17, 15) is 4.79 Å². The SMILES string of the molecule is Cc1cc(-c2ncn[nH]2)ccc1-c1cnc2c(n1)CC1(CCC1)C(=O)N2. The summed E-state index contributed by atoms with van der Waals surface area (Å²) in [5.41, 5.74) is 4.56. The van der Waals surface area contributed by atoms with Crippen molar-refractivity contribution < 1.29 is 4.79 Å². The topological polar surface area (TPSA) is 96.4 Å². The van der Waals surface area contributed by atoms with Gasteiger partial charge in [-0.25, -0.2) is 15.0 Å². The van der Waals surface area contributed by atoms with Gasteiger partial charge in [-0.2, -0.15) is 5.10 Å². The van der Waals surface area contributed by atoms with Crippen LogP contribution in [0.25, 0.3) is 22.6 Å². The Hall–Kier alpha value is -3.09. The van der Waals surface area contributed by atoms with E-state index in [-0.39, 0.29) is 11.3 Å². The molecule has 3 aromatic rings. The lowest BCUT2D eigenvalue weighted by Crippen LogP contribution is -2.47. The zero-order valence-electron chi connectivity index (χ0n) is 14.4. The van der Waals surface area contributed by atoms with Crippen molar-refractivity contribution >= 4 is 11.7 Å². The molecule has 2 aliphatic rings. The number of rotatable bonds is 2. The third-order valence-electron chi connectivity index (χ3n) is 5.57. The molecule has 2 aromatic heterocycles. The number of amides is 1. The summed E-state index contributed by atoms with van der Waals surface area (Å²) in [6.07, 6.45) is 6.90. The molecule has 7 heteroatoms. The molecule has 3 heterocycles. The van der Waals surface area contributed by atoms with Crippen molar-refractivity contribution in [3.63, 3.8) is 0 Å². The normalized spacial score (nSPS) is 17.5. The van der Waals surface area contributed by atoms with Crippen LogP contribution in [0.1, 0.15) is 30.5 Å². The minimum absolute atomic E-state index is 0.103. The van der Waals surface area contributed by atoms with Gasteiger partial charge in [0.2, 0.25) is 5.91 Å². The van der Waals surface area contributed by atoms with Gasteiger partial charge in [0.1, 0.15) is 6.33 Å². The molecule has 130 valence electrons. The lowest BCUT2D eigenvalue weighted by atomic mass is 9.64. The molecular formula is C19H18N6O. The predicted octanol–water partition coefficient (Wildman–Crippen LogP) is 2.90. The van der Waals surface area contributed by atoms with Crippen molar-refractivity contribution in [3.05, 3.63) is 42.0 Å². The van der Waals surface area contributed by atoms with E-state index in [0.717, 1.165) is 53.2 Å². The molecule has 1 amide bonds. The van der Waals surface area contributed by atoms with E-state index < -0.39 is 0 Å². The van der Waals surface area contributed by atoms with Crippen LogP contribution in [0.3, 0.4) is 0 Å². The average molecular weight is 346 g/mol. The van der Waals surface area contributed by atoms with Gasteiger partial charge in [-0.3, -0.25) is 9.89 Å². The van der Waals surface area contributed by atoms with Crippen LogP contribution in [0.5, 0.6) is 0 Å². The van der Waals surface area contributed by atoms with Gasteiger partial charge in [-0.15, -0.1) is 0 Å². The fourth-order valence-electron chi connectivity index (χ4n) is 3.88. The van der Waals surface area contributed by atoms with Gasteiger partial charge in [0.25, 0.3) is 0 Å². The van der Waals surface area contributed by atoms with Crippen LogP contribution in [-0.2, 0) is 11.2 Å². The van der Waals surface area contributed by atoms with E-state index in [1.54, 1.807) is 6.20 Å². The maximum Gasteiger partial charge on any atom is 0.232 e. The van der Waals surface area contributed by atoms with Gasteiger partial charge in [-0.1, -0.05) is 18.6 Å². The summed E-state index contributed by atoms with van der Waals surface area (Å²) in [5.74, 6) is 1.45. The van der Waals surface area contributed by atoms with Gasteiger partial charge in [0.05, 0.1) is 23.0 Å². The first kappa shape index (κ1) is 15.2. The maximum atomic E-state index is 12.3. The van der Waals surface area contributed by atoms with Gasteiger partial charge in [-0.05, 0) is 31.4 Å². The molecule has 26 heavy (non-hydrogen) atoms. The van der Waals surface area contributed by atoms with Gasteiger partial charge < -0.3 is 5.32 Å². The molecule has 0 atom stereocenters. The molecule has 1 aliphatic heterocycles. The van der Waals surface area contributed by atoms with E-state index in [1.807, 2.05) is 19.1 Å². The molecular weight excluding hydrogens is 328 g/mol. The van der Waals surface area contributed by atoms with E-state index in [4.69, 9.17) is 4.98 Å². The third-order valence-corrected chi connectivity index (χ3v) is 5.57. The van der Waals surface area contributed by atoms with Crippen LogP contribution < -0.4 is 5.32 Å². The van der Waals surface area contributed by atoms with Crippen molar-refractivity contribution in [2.24, 2.45) is 5.41 Å². The number of fused-ring (bicyclic) bond motifs is 1. The lowest BCUT2D eigenvalue weighted by Gasteiger charge is -2.42. The molecule has 5 rings (SSSR count). The van der Waals surface area contributed by atoms with Crippen molar-refractivity contribution in [1.82, 2.24) is 25.1 Å². The molecule has 2 N–H and O–H groups in total. The second kappa shape index (κ2) is 5.45. The summed E-state index contributed by atoms with van der Waals surface area (Å²) < 4.78 is 0. The molecule has 1 fully saturated rings. The summed E-state index contributed by atoms with van der Waals surface area (Å²) >= 11 is 0. The number of aryl methyl sites for hydroxylation is 1. The number of hydrogen-bond donors (Lipinski definition) is 2. The standard InChI is InChI=1S/C19H18N6O/c1-11-7-12(16-21-10-22-25-16)3-4-13(11)15-9-20-17-14(23-15)8-19(5-2-6-19)18(26)24-17/h3-4,7,9-10H,2,5-6,8H2,1H3,(H,20,24,26)(H,21,22,25). The number of carbonyl (C=O) groups is 1. The highest BCUT2D eigenvalue weighted by atomic mass is 16.2. The Morgan fingerprint density at radius 3 is 2.77 bits per heavy atom.